The Bertz CT molecular complexity index is 277. The highest BCUT2D eigenvalue weighted by Crippen LogP contribution is 2.16. The van der Waals surface area contributed by atoms with E-state index in [1.165, 1.54) is 6.07 Å². The van der Waals surface area contributed by atoms with Crippen LogP contribution in [0.2, 0.25) is 0 Å². The van der Waals surface area contributed by atoms with Gasteiger partial charge in [0.15, 0.2) is 6.29 Å². The van der Waals surface area contributed by atoms with Crippen molar-refractivity contribution in [2.75, 3.05) is 0 Å². The van der Waals surface area contributed by atoms with E-state index >= 15 is 0 Å². The van der Waals surface area contributed by atoms with Crippen molar-refractivity contribution in [3.63, 3.8) is 0 Å². The van der Waals surface area contributed by atoms with Crippen LogP contribution >= 0.6 is 9.24 Å². The number of carbonyl (C=O) groups is 1. The van der Waals surface area contributed by atoms with Gasteiger partial charge in [0, 0.05) is 0 Å². The molecule has 1 unspecified atom stereocenters. The smallest absolute Gasteiger partial charge is 0.156 e. The van der Waals surface area contributed by atoms with Gasteiger partial charge in [0.25, 0.3) is 0 Å². The van der Waals surface area contributed by atoms with Gasteiger partial charge in [-0.15, -0.1) is 9.24 Å². The Balaban J connectivity index is 0.000000671. The molecular formula is C9H12FO2P. The van der Waals surface area contributed by atoms with Crippen LogP contribution in [0.5, 0.6) is 5.75 Å². The molecule has 0 aliphatic carbocycles. The van der Waals surface area contributed by atoms with Crippen molar-refractivity contribution in [2.24, 2.45) is 0 Å². The number of halogens is 1. The minimum atomic E-state index is -0.704. The van der Waals surface area contributed by atoms with Crippen LogP contribution in [0.15, 0.2) is 12.1 Å². The normalized spacial score (nSPS) is 8.62. The number of carbonyl (C=O) groups excluding carboxylic acids is 1. The van der Waals surface area contributed by atoms with Crippen molar-refractivity contribution in [1.82, 2.24) is 0 Å². The van der Waals surface area contributed by atoms with Crippen LogP contribution < -0.4 is 5.30 Å². The van der Waals surface area contributed by atoms with E-state index in [0.717, 1.165) is 6.07 Å². The molecule has 0 spiro atoms. The van der Waals surface area contributed by atoms with Crippen LogP contribution in [0, 0.1) is 5.82 Å². The fraction of sp³-hybridized carbons (Fsp3) is 0.222. The first-order valence-corrected chi connectivity index (χ1v) is 4.46. The number of hydrogen-bond acceptors (Lipinski definition) is 2. The van der Waals surface area contributed by atoms with E-state index in [-0.39, 0.29) is 17.6 Å². The number of aromatic hydroxyl groups is 1. The molecule has 0 amide bonds. The van der Waals surface area contributed by atoms with Gasteiger partial charge in [0.1, 0.15) is 11.6 Å². The molecule has 0 saturated heterocycles. The Kier molecular flexibility index (Phi) is 5.24. The van der Waals surface area contributed by atoms with Crippen molar-refractivity contribution >= 4 is 20.8 Å². The number of phenolic OH excluding ortho intramolecular Hbond substituents is 1. The number of rotatable bonds is 1. The first kappa shape index (κ1) is 12.0. The summed E-state index contributed by atoms with van der Waals surface area (Å²) in [4.78, 5) is 10.2. The number of phenols is 1. The van der Waals surface area contributed by atoms with Gasteiger partial charge in [-0.25, -0.2) is 4.39 Å². The second kappa shape index (κ2) is 5.65. The molecule has 0 heterocycles. The molecule has 72 valence electrons. The summed E-state index contributed by atoms with van der Waals surface area (Å²) in [5.41, 5.74) is -0.295. The summed E-state index contributed by atoms with van der Waals surface area (Å²) < 4.78 is 12.7. The third-order valence-electron chi connectivity index (χ3n) is 1.25. The van der Waals surface area contributed by atoms with Crippen LogP contribution in [0.3, 0.4) is 0 Å². The average molecular weight is 202 g/mol. The van der Waals surface area contributed by atoms with E-state index in [0.29, 0.717) is 5.30 Å². The van der Waals surface area contributed by atoms with Gasteiger partial charge < -0.3 is 5.11 Å². The first-order chi connectivity index (χ1) is 6.15. The lowest BCUT2D eigenvalue weighted by atomic mass is 10.2. The lowest BCUT2D eigenvalue weighted by Crippen LogP contribution is -1.96. The van der Waals surface area contributed by atoms with Crippen LogP contribution in [0.4, 0.5) is 4.39 Å². The fourth-order valence-corrected chi connectivity index (χ4v) is 1.04. The van der Waals surface area contributed by atoms with Crippen molar-refractivity contribution < 1.29 is 14.3 Å². The zero-order valence-corrected chi connectivity index (χ0v) is 8.70. The predicted octanol–water partition coefficient (Wildman–Crippen LogP) is 1.87. The molecule has 1 N–H and O–H groups in total. The third kappa shape index (κ3) is 3.11. The topological polar surface area (TPSA) is 37.3 Å². The van der Waals surface area contributed by atoms with Crippen LogP contribution in [0.1, 0.15) is 24.2 Å². The van der Waals surface area contributed by atoms with Gasteiger partial charge in [-0.3, -0.25) is 4.79 Å². The monoisotopic (exact) mass is 202 g/mol. The highest BCUT2D eigenvalue weighted by atomic mass is 31.0. The Morgan fingerprint density at radius 2 is 2.00 bits per heavy atom. The zero-order chi connectivity index (χ0) is 10.4. The molecule has 1 rings (SSSR count). The minimum Gasteiger partial charge on any atom is -0.507 e. The number of benzene rings is 1. The molecule has 0 radical (unpaired) electrons. The van der Waals surface area contributed by atoms with Gasteiger partial charge in [-0.2, -0.15) is 0 Å². The van der Waals surface area contributed by atoms with Gasteiger partial charge in [0.2, 0.25) is 0 Å². The summed E-state index contributed by atoms with van der Waals surface area (Å²) in [6, 6.07) is 2.46. The Morgan fingerprint density at radius 3 is 2.38 bits per heavy atom. The molecule has 0 aliphatic heterocycles. The van der Waals surface area contributed by atoms with Crippen LogP contribution in [-0.4, -0.2) is 11.4 Å². The molecule has 13 heavy (non-hydrogen) atoms. The van der Waals surface area contributed by atoms with Gasteiger partial charge >= 0.3 is 0 Å². The molecule has 0 fully saturated rings. The average Bonchev–Trinajstić information content (AvgIpc) is 2.07. The molecule has 2 nitrogen and oxygen atoms in total. The lowest BCUT2D eigenvalue weighted by Gasteiger charge is -1.99. The maximum Gasteiger partial charge on any atom is 0.156 e. The molecular weight excluding hydrogens is 190 g/mol. The largest absolute Gasteiger partial charge is 0.507 e. The molecule has 0 saturated carbocycles. The summed E-state index contributed by atoms with van der Waals surface area (Å²) >= 11 is 0. The second-order valence-corrected chi connectivity index (χ2v) is 2.72. The SMILES string of the molecule is CC.O=Cc1c(O)cc(P)cc1F. The zero-order valence-electron chi connectivity index (χ0n) is 7.54. The quantitative estimate of drug-likeness (QED) is 0.557. The predicted molar refractivity (Wildman–Crippen MR) is 54.1 cm³/mol. The van der Waals surface area contributed by atoms with Crippen molar-refractivity contribution in [1.29, 1.82) is 0 Å². The van der Waals surface area contributed by atoms with Gasteiger partial charge in [-0.1, -0.05) is 13.8 Å². The number of hydrogen-bond donors (Lipinski definition) is 1. The van der Waals surface area contributed by atoms with E-state index in [9.17, 15) is 9.18 Å². The summed E-state index contributed by atoms with van der Waals surface area (Å²) in [5, 5.41) is 9.49. The standard InChI is InChI=1S/C7H6FO2P.C2H6/c8-6-1-4(11)2-7(10)5(6)3-9;1-2/h1-3,10H,11H2;1-2H3. The molecule has 0 aliphatic rings. The molecule has 0 aromatic heterocycles. The summed E-state index contributed by atoms with van der Waals surface area (Å²) in [6.45, 7) is 4.00. The minimum absolute atomic E-state index is 0.286. The van der Waals surface area contributed by atoms with Gasteiger partial charge in [-0.05, 0) is 17.4 Å². The fourth-order valence-electron chi connectivity index (χ4n) is 0.740. The molecule has 1 atom stereocenters. The second-order valence-electron chi connectivity index (χ2n) is 2.05. The molecule has 0 bridgehead atoms. The molecule has 4 heteroatoms. The highest BCUT2D eigenvalue weighted by molar-refractivity contribution is 7.27. The summed E-state index contributed by atoms with van der Waals surface area (Å²) in [6.07, 6.45) is 0.286. The van der Waals surface area contributed by atoms with E-state index in [2.05, 4.69) is 9.24 Å². The Labute approximate surface area is 79.0 Å². The van der Waals surface area contributed by atoms with E-state index < -0.39 is 5.82 Å². The number of aldehydes is 1. The maximum atomic E-state index is 12.7. The highest BCUT2D eigenvalue weighted by Gasteiger charge is 2.06. The third-order valence-corrected chi connectivity index (χ3v) is 1.58. The summed E-state index contributed by atoms with van der Waals surface area (Å²) in [7, 11) is 2.22. The van der Waals surface area contributed by atoms with E-state index in [1.807, 2.05) is 13.8 Å². The van der Waals surface area contributed by atoms with Crippen molar-refractivity contribution in [3.8, 4) is 5.75 Å². The Morgan fingerprint density at radius 1 is 1.46 bits per heavy atom. The first-order valence-electron chi connectivity index (χ1n) is 3.88. The summed E-state index contributed by atoms with van der Waals surface area (Å²) in [5.74, 6) is -1.03. The van der Waals surface area contributed by atoms with Crippen LogP contribution in [-0.2, 0) is 0 Å². The maximum absolute atomic E-state index is 12.7. The molecule has 1 aromatic carbocycles. The van der Waals surface area contributed by atoms with E-state index in [4.69, 9.17) is 5.11 Å². The van der Waals surface area contributed by atoms with E-state index in [1.54, 1.807) is 0 Å². The Hall–Kier alpha value is -0.950. The lowest BCUT2D eigenvalue weighted by molar-refractivity contribution is 0.111. The van der Waals surface area contributed by atoms with Crippen LogP contribution in [0.25, 0.3) is 0 Å². The van der Waals surface area contributed by atoms with Crippen molar-refractivity contribution in [3.05, 3.63) is 23.5 Å². The van der Waals surface area contributed by atoms with Gasteiger partial charge in [0.05, 0.1) is 5.56 Å². The molecule has 1 aromatic rings. The van der Waals surface area contributed by atoms with Crippen molar-refractivity contribution in [2.45, 2.75) is 13.8 Å².